The summed E-state index contributed by atoms with van der Waals surface area (Å²) in [5, 5.41) is 7.10. The highest BCUT2D eigenvalue weighted by atomic mass is 16.5. The zero-order valence-electron chi connectivity index (χ0n) is 14.0. The van der Waals surface area contributed by atoms with Gasteiger partial charge in [-0.05, 0) is 36.2 Å². The predicted molar refractivity (Wildman–Crippen MR) is 91.9 cm³/mol. The Morgan fingerprint density at radius 2 is 2.04 bits per heavy atom. The second kappa shape index (κ2) is 7.57. The maximum Gasteiger partial charge on any atom is 0.245 e. The molecule has 3 rings (SSSR count). The summed E-state index contributed by atoms with van der Waals surface area (Å²) in [5.74, 6) is 0.562. The highest BCUT2D eigenvalue weighted by molar-refractivity contribution is 5.80. The molecule has 7 nitrogen and oxygen atoms in total. The minimum atomic E-state index is -0.479. The van der Waals surface area contributed by atoms with Crippen molar-refractivity contribution in [3.63, 3.8) is 0 Å². The van der Waals surface area contributed by atoms with Gasteiger partial charge in [-0.25, -0.2) is 9.67 Å². The third-order valence-electron chi connectivity index (χ3n) is 3.94. The number of amides is 1. The van der Waals surface area contributed by atoms with Crippen molar-refractivity contribution in [2.75, 3.05) is 7.11 Å². The number of pyridine rings is 1. The van der Waals surface area contributed by atoms with Gasteiger partial charge < -0.3 is 10.1 Å². The lowest BCUT2D eigenvalue weighted by molar-refractivity contribution is -0.124. The smallest absolute Gasteiger partial charge is 0.245 e. The van der Waals surface area contributed by atoms with Crippen LogP contribution in [-0.4, -0.2) is 32.8 Å². The van der Waals surface area contributed by atoms with Gasteiger partial charge in [0, 0.05) is 12.4 Å². The Morgan fingerprint density at radius 1 is 1.20 bits per heavy atom. The first-order chi connectivity index (χ1) is 12.2. The molecule has 2 heterocycles. The average molecular weight is 337 g/mol. The number of benzene rings is 1. The van der Waals surface area contributed by atoms with Crippen LogP contribution in [-0.2, 0) is 4.79 Å². The van der Waals surface area contributed by atoms with E-state index in [9.17, 15) is 4.79 Å². The fourth-order valence-corrected chi connectivity index (χ4v) is 2.53. The molecule has 1 aromatic carbocycles. The molecule has 1 N–H and O–H groups in total. The molecule has 0 aliphatic rings. The number of hydrogen-bond donors (Lipinski definition) is 1. The number of ether oxygens (including phenoxy) is 1. The molecule has 0 bridgehead atoms. The topological polar surface area (TPSA) is 81.9 Å². The van der Waals surface area contributed by atoms with Gasteiger partial charge in [-0.2, -0.15) is 5.10 Å². The van der Waals surface area contributed by atoms with Crippen LogP contribution >= 0.6 is 0 Å². The van der Waals surface area contributed by atoms with E-state index in [0.29, 0.717) is 0 Å². The van der Waals surface area contributed by atoms with Crippen LogP contribution in [0.3, 0.4) is 0 Å². The fourth-order valence-electron chi connectivity index (χ4n) is 2.53. The summed E-state index contributed by atoms with van der Waals surface area (Å²) in [5.41, 5.74) is 1.79. The molecule has 2 aromatic heterocycles. The molecule has 128 valence electrons. The minimum Gasteiger partial charge on any atom is -0.497 e. The van der Waals surface area contributed by atoms with E-state index in [1.807, 2.05) is 36.4 Å². The zero-order valence-corrected chi connectivity index (χ0v) is 14.0. The van der Waals surface area contributed by atoms with Gasteiger partial charge in [-0.1, -0.05) is 18.2 Å². The first kappa shape index (κ1) is 16.6. The van der Waals surface area contributed by atoms with Gasteiger partial charge in [-0.15, -0.1) is 0 Å². The zero-order chi connectivity index (χ0) is 17.6. The van der Waals surface area contributed by atoms with Crippen molar-refractivity contribution in [2.45, 2.75) is 19.0 Å². The molecule has 0 saturated heterocycles. The number of methoxy groups -OCH3 is 1. The van der Waals surface area contributed by atoms with Gasteiger partial charge in [0.1, 0.15) is 24.4 Å². The van der Waals surface area contributed by atoms with Crippen LogP contribution in [0.4, 0.5) is 0 Å². The van der Waals surface area contributed by atoms with Crippen molar-refractivity contribution in [3.05, 3.63) is 72.6 Å². The van der Waals surface area contributed by atoms with Gasteiger partial charge in [-0.3, -0.25) is 9.78 Å². The maximum absolute atomic E-state index is 12.7. The Morgan fingerprint density at radius 3 is 2.72 bits per heavy atom. The number of carbonyl (C=O) groups excluding carboxylic acids is 1. The Labute approximate surface area is 145 Å². The summed E-state index contributed by atoms with van der Waals surface area (Å²) in [6, 6.07) is 10.6. The molecule has 25 heavy (non-hydrogen) atoms. The summed E-state index contributed by atoms with van der Waals surface area (Å²) in [4.78, 5) is 20.8. The molecule has 1 amide bonds. The van der Waals surface area contributed by atoms with Crippen LogP contribution < -0.4 is 10.1 Å². The maximum atomic E-state index is 12.7. The first-order valence-electron chi connectivity index (χ1n) is 7.87. The van der Waals surface area contributed by atoms with E-state index in [1.54, 1.807) is 26.4 Å². The molecule has 0 radical (unpaired) electrons. The number of aromatic nitrogens is 4. The number of rotatable bonds is 6. The van der Waals surface area contributed by atoms with Crippen LogP contribution in [0, 0.1) is 0 Å². The lowest BCUT2D eigenvalue weighted by Crippen LogP contribution is -2.35. The SMILES string of the molecule is COc1cccc(C(NC(=O)C(C)n2cncn2)c2cccnc2)c1. The molecule has 0 spiro atoms. The third kappa shape index (κ3) is 3.82. The Kier molecular flexibility index (Phi) is 5.03. The standard InChI is InChI=1S/C18H19N5O2/c1-13(23-12-20-11-21-23)18(24)22-17(15-6-4-8-19-10-15)14-5-3-7-16(9-14)25-2/h3-13,17H,1-2H3,(H,22,24). The average Bonchev–Trinajstić information content (AvgIpc) is 3.20. The number of nitrogens with zero attached hydrogens (tertiary/aromatic N) is 4. The van der Waals surface area contributed by atoms with Crippen molar-refractivity contribution in [1.82, 2.24) is 25.1 Å². The van der Waals surface area contributed by atoms with Gasteiger partial charge in [0.25, 0.3) is 0 Å². The predicted octanol–water partition coefficient (Wildman–Crippen LogP) is 2.15. The first-order valence-corrected chi connectivity index (χ1v) is 7.87. The van der Waals surface area contributed by atoms with E-state index >= 15 is 0 Å². The Bertz CT molecular complexity index is 821. The Hall–Kier alpha value is -3.22. The molecular formula is C18H19N5O2. The van der Waals surface area contributed by atoms with E-state index in [1.165, 1.54) is 17.3 Å². The molecule has 2 atom stereocenters. The fraction of sp³-hybridized carbons (Fsp3) is 0.222. The second-order valence-electron chi connectivity index (χ2n) is 5.56. The molecule has 0 aliphatic carbocycles. The quantitative estimate of drug-likeness (QED) is 0.745. The molecule has 3 aromatic rings. The van der Waals surface area contributed by atoms with Crippen molar-refractivity contribution in [3.8, 4) is 5.75 Å². The van der Waals surface area contributed by atoms with Crippen LogP contribution in [0.5, 0.6) is 5.75 Å². The van der Waals surface area contributed by atoms with Gasteiger partial charge in [0.05, 0.1) is 13.2 Å². The number of carbonyl (C=O) groups is 1. The number of hydrogen-bond acceptors (Lipinski definition) is 5. The lowest BCUT2D eigenvalue weighted by atomic mass is 9.99. The summed E-state index contributed by atoms with van der Waals surface area (Å²) in [7, 11) is 1.61. The third-order valence-corrected chi connectivity index (χ3v) is 3.94. The van der Waals surface area contributed by atoms with Gasteiger partial charge in [0.15, 0.2) is 0 Å². The molecule has 2 unspecified atom stereocenters. The number of nitrogens with one attached hydrogen (secondary N) is 1. The van der Waals surface area contributed by atoms with Crippen LogP contribution in [0.2, 0.25) is 0 Å². The van der Waals surface area contributed by atoms with Crippen LogP contribution in [0.15, 0.2) is 61.4 Å². The van der Waals surface area contributed by atoms with E-state index in [4.69, 9.17) is 4.74 Å². The molecule has 0 aliphatic heterocycles. The highest BCUT2D eigenvalue weighted by Crippen LogP contribution is 2.25. The highest BCUT2D eigenvalue weighted by Gasteiger charge is 2.22. The van der Waals surface area contributed by atoms with Crippen molar-refractivity contribution >= 4 is 5.91 Å². The molecule has 0 saturated carbocycles. The largest absolute Gasteiger partial charge is 0.497 e. The summed E-state index contributed by atoms with van der Waals surface area (Å²) in [6.45, 7) is 1.77. The lowest BCUT2D eigenvalue weighted by Gasteiger charge is -2.22. The Balaban J connectivity index is 1.90. The van der Waals surface area contributed by atoms with Crippen LogP contribution in [0.25, 0.3) is 0 Å². The summed E-state index contributed by atoms with van der Waals surface area (Å²) in [6.07, 6.45) is 6.37. The summed E-state index contributed by atoms with van der Waals surface area (Å²) < 4.78 is 6.82. The molecule has 0 fully saturated rings. The molecule has 7 heteroatoms. The van der Waals surface area contributed by atoms with Crippen molar-refractivity contribution in [2.24, 2.45) is 0 Å². The van der Waals surface area contributed by atoms with Crippen LogP contribution in [0.1, 0.15) is 30.1 Å². The minimum absolute atomic E-state index is 0.165. The van der Waals surface area contributed by atoms with Gasteiger partial charge >= 0.3 is 0 Å². The van der Waals surface area contributed by atoms with E-state index in [0.717, 1.165) is 16.9 Å². The van der Waals surface area contributed by atoms with E-state index < -0.39 is 6.04 Å². The normalized spacial score (nSPS) is 13.0. The van der Waals surface area contributed by atoms with Crippen molar-refractivity contribution in [1.29, 1.82) is 0 Å². The van der Waals surface area contributed by atoms with E-state index in [-0.39, 0.29) is 11.9 Å². The molecular weight excluding hydrogens is 318 g/mol. The van der Waals surface area contributed by atoms with Gasteiger partial charge in [0.2, 0.25) is 5.91 Å². The monoisotopic (exact) mass is 337 g/mol. The summed E-state index contributed by atoms with van der Waals surface area (Å²) >= 11 is 0. The van der Waals surface area contributed by atoms with Crippen molar-refractivity contribution < 1.29 is 9.53 Å². The van der Waals surface area contributed by atoms with E-state index in [2.05, 4.69) is 20.4 Å². The second-order valence-corrected chi connectivity index (χ2v) is 5.56.